The highest BCUT2D eigenvalue weighted by Gasteiger charge is 2.30. The van der Waals surface area contributed by atoms with Gasteiger partial charge in [-0.1, -0.05) is 18.2 Å². The molecule has 14 heavy (non-hydrogen) atoms. The lowest BCUT2D eigenvalue weighted by molar-refractivity contribution is 0.260. The lowest BCUT2D eigenvalue weighted by Crippen LogP contribution is -2.54. The highest BCUT2D eigenvalue weighted by Crippen LogP contribution is 2.16. The minimum Gasteiger partial charge on any atom is -0.548 e. The van der Waals surface area contributed by atoms with Crippen LogP contribution in [0.15, 0.2) is 29.2 Å². The Hall–Kier alpha value is -1.33. The van der Waals surface area contributed by atoms with Gasteiger partial charge in [0.25, 0.3) is 0 Å². The van der Waals surface area contributed by atoms with E-state index in [-0.39, 0.29) is 0 Å². The molecule has 1 aliphatic rings. The maximum Gasteiger partial charge on any atom is 0.393 e. The molecule has 1 heterocycles. The lowest BCUT2D eigenvalue weighted by Gasteiger charge is -2.39. The largest absolute Gasteiger partial charge is 0.548 e. The molecule has 0 saturated carbocycles. The molecule has 0 radical (unpaired) electrons. The SMILES string of the molecule is CO[B-]1(OC)N=CNc2ccccc21. The van der Waals surface area contributed by atoms with Crippen LogP contribution >= 0.6 is 0 Å². The van der Waals surface area contributed by atoms with Crippen molar-refractivity contribution in [3.05, 3.63) is 24.3 Å². The first-order valence-electron chi connectivity index (χ1n) is 4.46. The molecule has 0 bridgehead atoms. The smallest absolute Gasteiger partial charge is 0.393 e. The molecule has 0 saturated heterocycles. The zero-order chi connectivity index (χ0) is 10.0. The van der Waals surface area contributed by atoms with Gasteiger partial charge in [-0.2, -0.15) is 0 Å². The van der Waals surface area contributed by atoms with Crippen LogP contribution in [0.2, 0.25) is 0 Å². The quantitative estimate of drug-likeness (QED) is 0.695. The van der Waals surface area contributed by atoms with E-state index in [0.29, 0.717) is 0 Å². The Morgan fingerprint density at radius 2 is 1.93 bits per heavy atom. The summed E-state index contributed by atoms with van der Waals surface area (Å²) in [7, 11) is 3.20. The van der Waals surface area contributed by atoms with E-state index in [9.17, 15) is 0 Å². The van der Waals surface area contributed by atoms with Gasteiger partial charge in [0.1, 0.15) is 0 Å². The monoisotopic (exact) mass is 191 g/mol. The van der Waals surface area contributed by atoms with E-state index in [1.165, 1.54) is 0 Å². The summed E-state index contributed by atoms with van der Waals surface area (Å²) in [5.74, 6) is 0. The maximum absolute atomic E-state index is 5.36. The normalized spacial score (nSPS) is 17.3. The zero-order valence-corrected chi connectivity index (χ0v) is 8.23. The molecule has 1 aromatic rings. The van der Waals surface area contributed by atoms with E-state index in [1.807, 2.05) is 24.3 Å². The van der Waals surface area contributed by atoms with Gasteiger partial charge in [-0.3, -0.25) is 0 Å². The van der Waals surface area contributed by atoms with Gasteiger partial charge < -0.3 is 19.5 Å². The van der Waals surface area contributed by atoms with Gasteiger partial charge in [0.15, 0.2) is 0 Å². The molecule has 4 nitrogen and oxygen atoms in total. The summed E-state index contributed by atoms with van der Waals surface area (Å²) in [5, 5.41) is 3.05. The van der Waals surface area contributed by atoms with E-state index in [1.54, 1.807) is 20.6 Å². The van der Waals surface area contributed by atoms with Crippen molar-refractivity contribution >= 4 is 24.2 Å². The fraction of sp³-hybridized carbons (Fsp3) is 0.222. The first-order chi connectivity index (χ1) is 6.82. The van der Waals surface area contributed by atoms with Crippen molar-refractivity contribution in [1.82, 2.24) is 0 Å². The molecular formula is C9H12BN2O2-. The Morgan fingerprint density at radius 1 is 1.21 bits per heavy atom. The lowest BCUT2D eigenvalue weighted by atomic mass is 9.63. The predicted molar refractivity (Wildman–Crippen MR) is 58.0 cm³/mol. The van der Waals surface area contributed by atoms with Crippen LogP contribution in [-0.4, -0.2) is 27.2 Å². The third-order valence-electron chi connectivity index (χ3n) is 2.48. The number of hydrogen-bond donors (Lipinski definition) is 1. The molecule has 5 heteroatoms. The van der Waals surface area contributed by atoms with Crippen molar-refractivity contribution in [1.29, 1.82) is 0 Å². The molecule has 0 fully saturated rings. The first kappa shape index (κ1) is 9.24. The molecule has 1 aromatic carbocycles. The summed E-state index contributed by atoms with van der Waals surface area (Å²) < 4.78 is 10.7. The van der Waals surface area contributed by atoms with Crippen LogP contribution in [0.1, 0.15) is 0 Å². The number of hydrogen-bond acceptors (Lipinski definition) is 4. The van der Waals surface area contributed by atoms with Crippen LogP contribution in [0, 0.1) is 0 Å². The van der Waals surface area contributed by atoms with Crippen molar-refractivity contribution in [2.75, 3.05) is 19.5 Å². The number of benzene rings is 1. The molecule has 1 aliphatic heterocycles. The van der Waals surface area contributed by atoms with Gasteiger partial charge in [0.05, 0.1) is 0 Å². The molecule has 0 aromatic heterocycles. The molecular weight excluding hydrogens is 179 g/mol. The Kier molecular flexibility index (Phi) is 2.27. The average molecular weight is 191 g/mol. The number of nitrogens with one attached hydrogen (secondary N) is 1. The molecule has 0 aliphatic carbocycles. The van der Waals surface area contributed by atoms with Crippen LogP contribution in [0.5, 0.6) is 0 Å². The van der Waals surface area contributed by atoms with Crippen LogP contribution in [0.4, 0.5) is 5.69 Å². The van der Waals surface area contributed by atoms with E-state index in [2.05, 4.69) is 10.2 Å². The van der Waals surface area contributed by atoms with Crippen LogP contribution in [0.3, 0.4) is 0 Å². The summed E-state index contributed by atoms with van der Waals surface area (Å²) in [4.78, 5) is 4.22. The van der Waals surface area contributed by atoms with Gasteiger partial charge in [-0.15, -0.1) is 5.46 Å². The summed E-state index contributed by atoms with van der Waals surface area (Å²) in [6, 6.07) is 7.81. The second-order valence-electron chi connectivity index (χ2n) is 3.15. The highest BCUT2D eigenvalue weighted by molar-refractivity contribution is 6.82. The number of fused-ring (bicyclic) bond motifs is 1. The van der Waals surface area contributed by atoms with Gasteiger partial charge >= 0.3 is 6.69 Å². The molecule has 0 unspecified atom stereocenters. The summed E-state index contributed by atoms with van der Waals surface area (Å²) in [5.41, 5.74) is 1.92. The topological polar surface area (TPSA) is 42.9 Å². The van der Waals surface area contributed by atoms with E-state index in [0.717, 1.165) is 11.2 Å². The Bertz CT molecular complexity index is 364. The Labute approximate surface area is 82.9 Å². The maximum atomic E-state index is 5.36. The van der Waals surface area contributed by atoms with Crippen LogP contribution in [0.25, 0.3) is 0 Å². The van der Waals surface area contributed by atoms with E-state index in [4.69, 9.17) is 9.31 Å². The third kappa shape index (κ3) is 1.22. The van der Waals surface area contributed by atoms with Gasteiger partial charge in [0, 0.05) is 12.0 Å². The molecule has 0 atom stereocenters. The van der Waals surface area contributed by atoms with Crippen molar-refractivity contribution in [3.8, 4) is 0 Å². The first-order valence-corrected chi connectivity index (χ1v) is 4.46. The number of nitrogens with zero attached hydrogens (tertiary/aromatic N) is 1. The second-order valence-corrected chi connectivity index (χ2v) is 3.15. The second kappa shape index (κ2) is 3.44. The fourth-order valence-electron chi connectivity index (χ4n) is 1.70. The van der Waals surface area contributed by atoms with Crippen molar-refractivity contribution in [2.45, 2.75) is 0 Å². The van der Waals surface area contributed by atoms with Gasteiger partial charge in [-0.25, -0.2) is 0 Å². The molecule has 2 rings (SSSR count). The number of para-hydroxylation sites is 1. The van der Waals surface area contributed by atoms with Crippen LogP contribution < -0.4 is 10.8 Å². The minimum atomic E-state index is -1.69. The number of rotatable bonds is 2. The van der Waals surface area contributed by atoms with E-state index >= 15 is 0 Å². The standard InChI is InChI=1S/C9H12BN2O2/c1-13-10(14-2)8-5-3-4-6-9(8)11-7-12-10/h3-7H,1-2H3,(H,11,12)/q-1. The molecule has 1 N–H and O–H groups in total. The zero-order valence-electron chi connectivity index (χ0n) is 8.23. The minimum absolute atomic E-state index is 0.944. The average Bonchev–Trinajstić information content (AvgIpc) is 2.28. The summed E-state index contributed by atoms with van der Waals surface area (Å²) in [6.07, 6.45) is 1.61. The van der Waals surface area contributed by atoms with Gasteiger partial charge in [-0.05, 0) is 20.3 Å². The molecule has 74 valence electrons. The Morgan fingerprint density at radius 3 is 2.64 bits per heavy atom. The summed E-state index contributed by atoms with van der Waals surface area (Å²) >= 11 is 0. The summed E-state index contributed by atoms with van der Waals surface area (Å²) in [6.45, 7) is -1.69. The number of anilines is 1. The predicted octanol–water partition coefficient (Wildman–Crippen LogP) is 0.579. The molecule has 0 amide bonds. The van der Waals surface area contributed by atoms with Crippen molar-refractivity contribution in [3.63, 3.8) is 0 Å². The Balaban J connectivity index is 2.54. The fourth-order valence-corrected chi connectivity index (χ4v) is 1.70. The van der Waals surface area contributed by atoms with Crippen molar-refractivity contribution in [2.24, 2.45) is 4.90 Å². The third-order valence-corrected chi connectivity index (χ3v) is 2.48. The molecule has 0 spiro atoms. The van der Waals surface area contributed by atoms with Crippen molar-refractivity contribution < 1.29 is 9.31 Å². The van der Waals surface area contributed by atoms with Gasteiger partial charge in [0.2, 0.25) is 0 Å². The van der Waals surface area contributed by atoms with Crippen LogP contribution in [-0.2, 0) is 9.31 Å². The highest BCUT2D eigenvalue weighted by atomic mass is 16.6. The van der Waals surface area contributed by atoms with E-state index < -0.39 is 6.69 Å².